The van der Waals surface area contributed by atoms with Gasteiger partial charge in [0.25, 0.3) is 0 Å². The van der Waals surface area contributed by atoms with Crippen molar-refractivity contribution < 1.29 is 9.59 Å². The van der Waals surface area contributed by atoms with Gasteiger partial charge in [-0.25, -0.2) is 4.98 Å². The van der Waals surface area contributed by atoms with Crippen LogP contribution in [0.25, 0.3) is 0 Å². The monoisotopic (exact) mass is 715 g/mol. The maximum atomic E-state index is 13.4. The van der Waals surface area contributed by atoms with Crippen molar-refractivity contribution in [1.82, 2.24) is 24.3 Å². The first-order valence-electron chi connectivity index (χ1n) is 14.9. The number of carbonyl (C=O) groups is 2. The van der Waals surface area contributed by atoms with Crippen LogP contribution in [0.1, 0.15) is 66.1 Å². The summed E-state index contributed by atoms with van der Waals surface area (Å²) in [7, 11) is 0. The number of aromatic nitrogens is 3. The van der Waals surface area contributed by atoms with Gasteiger partial charge in [-0.05, 0) is 108 Å². The normalized spacial score (nSPS) is 19.8. The van der Waals surface area contributed by atoms with Crippen LogP contribution < -0.4 is 0 Å². The number of rotatable bonds is 5. The topological polar surface area (TPSA) is 71.3 Å². The van der Waals surface area contributed by atoms with Crippen LogP contribution in [-0.4, -0.2) is 62.3 Å². The Labute approximate surface area is 269 Å². The van der Waals surface area contributed by atoms with Gasteiger partial charge in [-0.3, -0.25) is 14.6 Å². The maximum Gasteiger partial charge on any atom is 0.242 e. The Balaban J connectivity index is 1.07. The Morgan fingerprint density at radius 1 is 0.929 bits per heavy atom. The van der Waals surface area contributed by atoms with Crippen molar-refractivity contribution >= 4 is 55.3 Å². The van der Waals surface area contributed by atoms with Crippen LogP contribution in [0, 0.1) is 18.8 Å². The molecule has 2 amide bonds. The quantitative estimate of drug-likeness (QED) is 0.300. The third kappa shape index (κ3) is 6.48. The summed E-state index contributed by atoms with van der Waals surface area (Å²) >= 11 is 13.9. The average Bonchev–Trinajstić information content (AvgIpc) is 3.30. The van der Waals surface area contributed by atoms with Crippen LogP contribution in [0.5, 0.6) is 0 Å². The number of fused-ring (bicyclic) bond motifs is 2. The molecular formula is C32H36Br2ClN5O2. The Hall–Kier alpha value is -2.23. The fourth-order valence-electron chi connectivity index (χ4n) is 7.09. The summed E-state index contributed by atoms with van der Waals surface area (Å²) < 4.78 is 3.90. The molecule has 6 rings (SSSR count). The van der Waals surface area contributed by atoms with Gasteiger partial charge in [0, 0.05) is 64.9 Å². The molecule has 0 bridgehead atoms. The van der Waals surface area contributed by atoms with Gasteiger partial charge >= 0.3 is 0 Å². The van der Waals surface area contributed by atoms with Crippen molar-refractivity contribution in [3.63, 3.8) is 0 Å². The summed E-state index contributed by atoms with van der Waals surface area (Å²) in [6.07, 6.45) is 11.6. The van der Waals surface area contributed by atoms with Gasteiger partial charge in [0.1, 0.15) is 6.54 Å². The van der Waals surface area contributed by atoms with E-state index in [9.17, 15) is 9.59 Å². The van der Waals surface area contributed by atoms with Crippen LogP contribution in [0.3, 0.4) is 0 Å². The highest BCUT2D eigenvalue weighted by atomic mass is 79.9. The van der Waals surface area contributed by atoms with Crippen molar-refractivity contribution in [3.8, 4) is 0 Å². The number of benzene rings is 1. The molecule has 3 aliphatic rings. The van der Waals surface area contributed by atoms with E-state index in [2.05, 4.69) is 53.9 Å². The number of aryl methyl sites for hydroxylation is 3. The van der Waals surface area contributed by atoms with Crippen LogP contribution in [-0.2, 0) is 29.0 Å². The second-order valence-corrected chi connectivity index (χ2v) is 14.3. The van der Waals surface area contributed by atoms with Crippen molar-refractivity contribution in [3.05, 3.63) is 79.0 Å². The first kappa shape index (κ1) is 29.8. The largest absolute Gasteiger partial charge is 0.343 e. The van der Waals surface area contributed by atoms with Crippen molar-refractivity contribution in [2.75, 3.05) is 26.2 Å². The van der Waals surface area contributed by atoms with E-state index in [0.29, 0.717) is 24.8 Å². The standard InChI is InChI=1S/C32H36Br2ClN5O2/c1-20-17-38(19-37-20)18-29(42)40-8-4-21(5-9-40)12-28(41)39-10-6-22(7-11-39)31-30-23(14-26(35)15-27(30)34)2-3-24-13-25(33)16-36-32(24)31/h13-17,19,21-22,31H,2-12,18H2,1H3/t31-/m1/s1. The van der Waals surface area contributed by atoms with Gasteiger partial charge in [0.05, 0.1) is 17.7 Å². The van der Waals surface area contributed by atoms with Gasteiger partial charge in [0.2, 0.25) is 11.8 Å². The lowest BCUT2D eigenvalue weighted by atomic mass is 9.76. The van der Waals surface area contributed by atoms with Gasteiger partial charge in [0.15, 0.2) is 0 Å². The second-order valence-electron chi connectivity index (χ2n) is 12.1. The number of hydrogen-bond donors (Lipinski definition) is 0. The van der Waals surface area contributed by atoms with Crippen LogP contribution >= 0.6 is 43.5 Å². The predicted molar refractivity (Wildman–Crippen MR) is 171 cm³/mol. The SMILES string of the molecule is Cc1cn(CC(=O)N2CCC(CC(=O)N3CCC([C@H]4c5ncc(Br)cc5CCc5cc(Cl)cc(Br)c54)CC3)CC2)cn1. The van der Waals surface area contributed by atoms with E-state index in [-0.39, 0.29) is 17.7 Å². The molecule has 7 nitrogen and oxygen atoms in total. The molecule has 0 N–H and O–H groups in total. The summed E-state index contributed by atoms with van der Waals surface area (Å²) in [5.74, 6) is 1.27. The molecule has 2 aliphatic heterocycles. The molecule has 4 heterocycles. The lowest BCUT2D eigenvalue weighted by Crippen LogP contribution is -2.43. The van der Waals surface area contributed by atoms with Gasteiger partial charge in [-0.1, -0.05) is 27.5 Å². The molecule has 2 aromatic heterocycles. The Kier molecular flexibility index (Phi) is 9.08. The van der Waals surface area contributed by atoms with Crippen molar-refractivity contribution in [1.29, 1.82) is 0 Å². The molecule has 0 unspecified atom stereocenters. The van der Waals surface area contributed by atoms with Gasteiger partial charge < -0.3 is 14.4 Å². The highest BCUT2D eigenvalue weighted by molar-refractivity contribution is 9.10. The molecule has 2 fully saturated rings. The zero-order chi connectivity index (χ0) is 29.4. The summed E-state index contributed by atoms with van der Waals surface area (Å²) in [4.78, 5) is 39.3. The molecule has 222 valence electrons. The maximum absolute atomic E-state index is 13.4. The molecule has 3 aromatic rings. The Bertz CT molecular complexity index is 1480. The van der Waals surface area contributed by atoms with Gasteiger partial charge in [-0.2, -0.15) is 0 Å². The highest BCUT2D eigenvalue weighted by Gasteiger charge is 2.37. The zero-order valence-corrected chi connectivity index (χ0v) is 27.8. The number of likely N-dealkylation sites (tertiary alicyclic amines) is 2. The fraction of sp³-hybridized carbons (Fsp3) is 0.500. The van der Waals surface area contributed by atoms with E-state index in [1.807, 2.05) is 34.9 Å². The summed E-state index contributed by atoms with van der Waals surface area (Å²) in [6, 6.07) is 6.34. The minimum atomic E-state index is 0.122. The first-order chi connectivity index (χ1) is 20.2. The molecule has 0 radical (unpaired) electrons. The number of nitrogens with zero attached hydrogens (tertiary/aromatic N) is 5. The van der Waals surface area contributed by atoms with E-state index < -0.39 is 0 Å². The van der Waals surface area contributed by atoms with E-state index in [4.69, 9.17) is 16.6 Å². The lowest BCUT2D eigenvalue weighted by molar-refractivity contribution is -0.135. The molecule has 0 saturated carbocycles. The number of piperidine rings is 2. The molecular weight excluding hydrogens is 682 g/mol. The number of halogens is 3. The van der Waals surface area contributed by atoms with E-state index in [1.54, 1.807) is 6.33 Å². The smallest absolute Gasteiger partial charge is 0.242 e. The van der Waals surface area contributed by atoms with E-state index in [1.165, 1.54) is 16.7 Å². The highest BCUT2D eigenvalue weighted by Crippen LogP contribution is 2.46. The molecule has 42 heavy (non-hydrogen) atoms. The number of amides is 2. The van der Waals surface area contributed by atoms with E-state index in [0.717, 1.165) is 90.1 Å². The minimum Gasteiger partial charge on any atom is -0.343 e. The third-order valence-electron chi connectivity index (χ3n) is 9.29. The predicted octanol–water partition coefficient (Wildman–Crippen LogP) is 6.56. The van der Waals surface area contributed by atoms with Crippen molar-refractivity contribution in [2.45, 2.75) is 64.3 Å². The Morgan fingerprint density at radius 3 is 2.33 bits per heavy atom. The van der Waals surface area contributed by atoms with Crippen LogP contribution in [0.2, 0.25) is 5.02 Å². The fourth-order valence-corrected chi connectivity index (χ4v) is 8.59. The third-order valence-corrected chi connectivity index (χ3v) is 10.6. The first-order valence-corrected chi connectivity index (χ1v) is 16.9. The number of hydrogen-bond acceptors (Lipinski definition) is 4. The summed E-state index contributed by atoms with van der Waals surface area (Å²) in [6.45, 7) is 5.23. The lowest BCUT2D eigenvalue weighted by Gasteiger charge is -2.38. The van der Waals surface area contributed by atoms with Crippen LogP contribution in [0.4, 0.5) is 0 Å². The minimum absolute atomic E-state index is 0.122. The molecule has 0 spiro atoms. The average molecular weight is 718 g/mol. The second kappa shape index (κ2) is 12.8. The molecule has 1 aliphatic carbocycles. The Morgan fingerprint density at radius 2 is 1.62 bits per heavy atom. The molecule has 1 atom stereocenters. The van der Waals surface area contributed by atoms with Gasteiger partial charge in [-0.15, -0.1) is 0 Å². The van der Waals surface area contributed by atoms with Crippen molar-refractivity contribution in [2.24, 2.45) is 11.8 Å². The summed E-state index contributed by atoms with van der Waals surface area (Å²) in [5.41, 5.74) is 5.96. The number of pyridine rings is 1. The van der Waals surface area contributed by atoms with E-state index >= 15 is 0 Å². The molecule has 2 saturated heterocycles. The molecule has 1 aromatic carbocycles. The molecule has 10 heteroatoms. The summed E-state index contributed by atoms with van der Waals surface area (Å²) in [5, 5.41) is 0.753. The number of carbonyl (C=O) groups excluding carboxylic acids is 2. The zero-order valence-electron chi connectivity index (χ0n) is 23.9. The van der Waals surface area contributed by atoms with Crippen LogP contribution in [0.15, 0.2) is 45.9 Å². The number of imidazole rings is 1.